The monoisotopic (exact) mass is 298 g/mol. The first-order chi connectivity index (χ1) is 10.3. The molecule has 1 aromatic carbocycles. The van der Waals surface area contributed by atoms with Crippen LogP contribution in [0.5, 0.6) is 0 Å². The van der Waals surface area contributed by atoms with E-state index in [0.717, 1.165) is 11.3 Å². The van der Waals surface area contributed by atoms with Crippen LogP contribution in [-0.2, 0) is 13.0 Å². The number of hydrogen-bond donors (Lipinski definition) is 0. The van der Waals surface area contributed by atoms with Gasteiger partial charge in [0, 0.05) is 5.56 Å². The SMILES string of the molecule is CCc1ccc(C(=O)Cn2nnc(-c3cccs3)n2)cc1. The van der Waals surface area contributed by atoms with Gasteiger partial charge in [-0.05, 0) is 28.6 Å². The molecule has 0 aliphatic rings. The second kappa shape index (κ2) is 5.97. The van der Waals surface area contributed by atoms with Gasteiger partial charge in [0.05, 0.1) is 4.88 Å². The number of aryl methyl sites for hydroxylation is 1. The Bertz CT molecular complexity index is 731. The van der Waals surface area contributed by atoms with E-state index in [2.05, 4.69) is 22.3 Å². The summed E-state index contributed by atoms with van der Waals surface area (Å²) < 4.78 is 0. The molecule has 0 radical (unpaired) electrons. The van der Waals surface area contributed by atoms with Gasteiger partial charge in [-0.15, -0.1) is 21.5 Å². The average molecular weight is 298 g/mol. The van der Waals surface area contributed by atoms with E-state index in [4.69, 9.17) is 0 Å². The highest BCUT2D eigenvalue weighted by Gasteiger charge is 2.11. The van der Waals surface area contributed by atoms with Gasteiger partial charge in [-0.1, -0.05) is 37.3 Å². The number of hydrogen-bond acceptors (Lipinski definition) is 5. The second-order valence-electron chi connectivity index (χ2n) is 4.59. The highest BCUT2D eigenvalue weighted by Crippen LogP contribution is 2.19. The molecule has 3 rings (SSSR count). The number of thiophene rings is 1. The molecule has 0 saturated carbocycles. The van der Waals surface area contributed by atoms with Gasteiger partial charge in [0.25, 0.3) is 0 Å². The molecular formula is C15H14N4OS. The molecule has 106 valence electrons. The molecule has 0 aliphatic heterocycles. The number of benzene rings is 1. The molecule has 0 unspecified atom stereocenters. The van der Waals surface area contributed by atoms with Gasteiger partial charge < -0.3 is 0 Å². The van der Waals surface area contributed by atoms with Crippen molar-refractivity contribution in [1.29, 1.82) is 0 Å². The first-order valence-corrected chi connectivity index (χ1v) is 7.58. The van der Waals surface area contributed by atoms with Crippen molar-refractivity contribution in [2.75, 3.05) is 0 Å². The summed E-state index contributed by atoms with van der Waals surface area (Å²) in [4.78, 5) is 14.5. The fourth-order valence-electron chi connectivity index (χ4n) is 1.96. The molecule has 0 N–H and O–H groups in total. The molecular weight excluding hydrogens is 284 g/mol. The van der Waals surface area contributed by atoms with E-state index in [9.17, 15) is 4.79 Å². The van der Waals surface area contributed by atoms with Crippen LogP contribution in [0.1, 0.15) is 22.8 Å². The Kier molecular flexibility index (Phi) is 3.87. The maximum absolute atomic E-state index is 12.2. The summed E-state index contributed by atoms with van der Waals surface area (Å²) in [6.45, 7) is 2.19. The molecule has 0 saturated heterocycles. The lowest BCUT2D eigenvalue weighted by Gasteiger charge is -2.01. The van der Waals surface area contributed by atoms with Gasteiger partial charge in [-0.3, -0.25) is 4.79 Å². The molecule has 5 nitrogen and oxygen atoms in total. The zero-order chi connectivity index (χ0) is 14.7. The van der Waals surface area contributed by atoms with E-state index in [1.807, 2.05) is 41.8 Å². The van der Waals surface area contributed by atoms with Gasteiger partial charge in [0.2, 0.25) is 5.82 Å². The number of aromatic nitrogens is 4. The molecule has 21 heavy (non-hydrogen) atoms. The Morgan fingerprint density at radius 2 is 2.05 bits per heavy atom. The number of carbonyl (C=O) groups excluding carboxylic acids is 1. The fraction of sp³-hybridized carbons (Fsp3) is 0.200. The maximum Gasteiger partial charge on any atom is 0.214 e. The lowest BCUT2D eigenvalue weighted by Crippen LogP contribution is -2.13. The van der Waals surface area contributed by atoms with Crippen molar-refractivity contribution in [1.82, 2.24) is 20.2 Å². The zero-order valence-electron chi connectivity index (χ0n) is 11.6. The Labute approximate surface area is 126 Å². The molecule has 0 amide bonds. The van der Waals surface area contributed by atoms with Gasteiger partial charge in [-0.2, -0.15) is 4.80 Å². The maximum atomic E-state index is 12.2. The van der Waals surface area contributed by atoms with Crippen molar-refractivity contribution in [3.63, 3.8) is 0 Å². The standard InChI is InChI=1S/C15H14N4OS/c1-2-11-5-7-12(8-6-11)13(20)10-19-17-15(16-18-19)14-4-3-9-21-14/h3-9H,2,10H2,1H3. The summed E-state index contributed by atoms with van der Waals surface area (Å²) in [6.07, 6.45) is 0.962. The summed E-state index contributed by atoms with van der Waals surface area (Å²) in [6, 6.07) is 11.5. The zero-order valence-corrected chi connectivity index (χ0v) is 12.4. The van der Waals surface area contributed by atoms with E-state index < -0.39 is 0 Å². The first kappa shape index (κ1) is 13.6. The van der Waals surface area contributed by atoms with Gasteiger partial charge >= 0.3 is 0 Å². The number of tetrazole rings is 1. The van der Waals surface area contributed by atoms with Crippen LogP contribution in [-0.4, -0.2) is 26.0 Å². The minimum Gasteiger partial charge on any atom is -0.292 e. The van der Waals surface area contributed by atoms with Crippen LogP contribution in [0.25, 0.3) is 10.7 Å². The van der Waals surface area contributed by atoms with E-state index in [-0.39, 0.29) is 12.3 Å². The second-order valence-corrected chi connectivity index (χ2v) is 5.54. The third-order valence-corrected chi connectivity index (χ3v) is 4.03. The molecule has 0 bridgehead atoms. The molecule has 0 spiro atoms. The average Bonchev–Trinajstić information content (AvgIpc) is 3.18. The number of carbonyl (C=O) groups is 1. The predicted molar refractivity (Wildman–Crippen MR) is 81.3 cm³/mol. The Morgan fingerprint density at radius 3 is 2.71 bits per heavy atom. The summed E-state index contributed by atoms with van der Waals surface area (Å²) in [7, 11) is 0. The van der Waals surface area contributed by atoms with Gasteiger partial charge in [0.15, 0.2) is 5.78 Å². The fourth-order valence-corrected chi connectivity index (χ4v) is 2.61. The highest BCUT2D eigenvalue weighted by molar-refractivity contribution is 7.13. The summed E-state index contributed by atoms with van der Waals surface area (Å²) in [5.74, 6) is 0.534. The summed E-state index contributed by atoms with van der Waals surface area (Å²) in [5, 5.41) is 14.1. The summed E-state index contributed by atoms with van der Waals surface area (Å²) >= 11 is 1.55. The molecule has 0 aliphatic carbocycles. The van der Waals surface area contributed by atoms with E-state index in [1.165, 1.54) is 10.4 Å². The van der Waals surface area contributed by atoms with Crippen molar-refractivity contribution in [3.8, 4) is 10.7 Å². The number of nitrogens with zero attached hydrogens (tertiary/aromatic N) is 4. The van der Waals surface area contributed by atoms with Crippen LogP contribution in [0.4, 0.5) is 0 Å². The minimum absolute atomic E-state index is 0.0206. The van der Waals surface area contributed by atoms with Gasteiger partial charge in [-0.25, -0.2) is 0 Å². The van der Waals surface area contributed by atoms with Crippen molar-refractivity contribution >= 4 is 17.1 Å². The Balaban J connectivity index is 1.72. The minimum atomic E-state index is -0.0206. The van der Waals surface area contributed by atoms with E-state index in [0.29, 0.717) is 11.4 Å². The van der Waals surface area contributed by atoms with Crippen LogP contribution >= 0.6 is 11.3 Å². The van der Waals surface area contributed by atoms with Crippen LogP contribution in [0.15, 0.2) is 41.8 Å². The van der Waals surface area contributed by atoms with Crippen molar-refractivity contribution in [2.45, 2.75) is 19.9 Å². The lowest BCUT2D eigenvalue weighted by atomic mass is 10.1. The van der Waals surface area contributed by atoms with Gasteiger partial charge in [0.1, 0.15) is 6.54 Å². The molecule has 2 heterocycles. The summed E-state index contributed by atoms with van der Waals surface area (Å²) in [5.41, 5.74) is 1.88. The quantitative estimate of drug-likeness (QED) is 0.680. The Hall–Kier alpha value is -2.34. The van der Waals surface area contributed by atoms with E-state index >= 15 is 0 Å². The van der Waals surface area contributed by atoms with E-state index in [1.54, 1.807) is 11.3 Å². The lowest BCUT2D eigenvalue weighted by molar-refractivity contribution is 0.0961. The van der Waals surface area contributed by atoms with Crippen molar-refractivity contribution in [2.24, 2.45) is 0 Å². The van der Waals surface area contributed by atoms with Crippen LogP contribution < -0.4 is 0 Å². The van der Waals surface area contributed by atoms with Crippen LogP contribution in [0, 0.1) is 0 Å². The normalized spacial score (nSPS) is 10.7. The number of Topliss-reactive ketones (excluding diaryl/α,β-unsaturated/α-hetero) is 1. The Morgan fingerprint density at radius 1 is 1.24 bits per heavy atom. The number of rotatable bonds is 5. The largest absolute Gasteiger partial charge is 0.292 e. The molecule has 2 aromatic heterocycles. The molecule has 0 fully saturated rings. The number of ketones is 1. The molecule has 0 atom stereocenters. The third-order valence-electron chi connectivity index (χ3n) is 3.16. The first-order valence-electron chi connectivity index (χ1n) is 6.70. The van der Waals surface area contributed by atoms with Crippen LogP contribution in [0.2, 0.25) is 0 Å². The molecule has 6 heteroatoms. The van der Waals surface area contributed by atoms with Crippen molar-refractivity contribution in [3.05, 3.63) is 52.9 Å². The van der Waals surface area contributed by atoms with Crippen LogP contribution in [0.3, 0.4) is 0 Å². The highest BCUT2D eigenvalue weighted by atomic mass is 32.1. The smallest absolute Gasteiger partial charge is 0.214 e. The molecule has 3 aromatic rings. The predicted octanol–water partition coefficient (Wildman–Crippen LogP) is 2.85. The third kappa shape index (κ3) is 3.05. The topological polar surface area (TPSA) is 60.7 Å². The van der Waals surface area contributed by atoms with Crippen molar-refractivity contribution < 1.29 is 4.79 Å².